The van der Waals surface area contributed by atoms with E-state index < -0.39 is 0 Å². The average Bonchev–Trinajstić information content (AvgIpc) is 3.03. The molecule has 0 aliphatic carbocycles. The van der Waals surface area contributed by atoms with E-state index in [9.17, 15) is 4.79 Å². The molecule has 104 valence electrons. The second kappa shape index (κ2) is 5.88. The molecule has 0 radical (unpaired) electrons. The van der Waals surface area contributed by atoms with Crippen molar-refractivity contribution in [3.05, 3.63) is 42.7 Å². The zero-order valence-corrected chi connectivity index (χ0v) is 11.2. The lowest BCUT2D eigenvalue weighted by molar-refractivity contribution is -0.120. The summed E-state index contributed by atoms with van der Waals surface area (Å²) in [6.07, 6.45) is 5.60. The average molecular weight is 270 g/mol. The summed E-state index contributed by atoms with van der Waals surface area (Å²) < 4.78 is 1.76. The molecule has 1 atom stereocenters. The van der Waals surface area contributed by atoms with Crippen LogP contribution >= 0.6 is 0 Å². The van der Waals surface area contributed by atoms with E-state index in [4.69, 9.17) is 0 Å². The molecule has 1 amide bonds. The second-order valence-electron chi connectivity index (χ2n) is 5.00. The van der Waals surface area contributed by atoms with E-state index >= 15 is 0 Å². The fraction of sp³-hybridized carbons (Fsp3) is 0.333. The molecule has 2 aromatic rings. The van der Waals surface area contributed by atoms with Crippen molar-refractivity contribution in [3.8, 4) is 5.69 Å². The van der Waals surface area contributed by atoms with Crippen molar-refractivity contribution in [3.63, 3.8) is 0 Å². The lowest BCUT2D eigenvalue weighted by atomic mass is 9.99. The van der Waals surface area contributed by atoms with Gasteiger partial charge in [0, 0.05) is 18.9 Å². The molecule has 0 spiro atoms. The molecule has 1 aliphatic rings. The first-order chi connectivity index (χ1) is 9.84. The van der Waals surface area contributed by atoms with Crippen LogP contribution in [0.15, 0.2) is 42.7 Å². The molecule has 3 rings (SSSR count). The smallest absolute Gasteiger partial charge is 0.228 e. The van der Waals surface area contributed by atoms with Gasteiger partial charge in [0.15, 0.2) is 0 Å². The molecule has 1 fully saturated rings. The summed E-state index contributed by atoms with van der Waals surface area (Å²) in [7, 11) is 0. The van der Waals surface area contributed by atoms with E-state index in [1.54, 1.807) is 10.9 Å². The van der Waals surface area contributed by atoms with Crippen LogP contribution in [0.25, 0.3) is 5.69 Å². The number of rotatable bonds is 3. The Morgan fingerprint density at radius 2 is 2.25 bits per heavy atom. The SMILES string of the molecule is O=C(Nc1ccccc1-n1cccn1)[C@@H]1CCCNC1. The summed E-state index contributed by atoms with van der Waals surface area (Å²) in [4.78, 5) is 12.3. The van der Waals surface area contributed by atoms with E-state index in [1.807, 2.05) is 36.5 Å². The lowest BCUT2D eigenvalue weighted by Gasteiger charge is -2.22. The second-order valence-corrected chi connectivity index (χ2v) is 5.00. The zero-order valence-electron chi connectivity index (χ0n) is 11.2. The molecule has 1 aromatic heterocycles. The number of para-hydroxylation sites is 2. The minimum absolute atomic E-state index is 0.0504. The standard InChI is InChI=1S/C15H18N4O/c20-15(12-5-3-8-16-11-12)18-13-6-1-2-7-14(13)19-10-4-9-17-19/h1-2,4,6-7,9-10,12,16H,3,5,8,11H2,(H,18,20)/t12-/m1/s1. The first-order valence-corrected chi connectivity index (χ1v) is 6.95. The van der Waals surface area contributed by atoms with Crippen LogP contribution < -0.4 is 10.6 Å². The Kier molecular flexibility index (Phi) is 3.78. The Hall–Kier alpha value is -2.14. The number of carbonyl (C=O) groups excluding carboxylic acids is 1. The molecule has 0 unspecified atom stereocenters. The maximum atomic E-state index is 12.3. The van der Waals surface area contributed by atoms with Crippen LogP contribution in [0.5, 0.6) is 0 Å². The van der Waals surface area contributed by atoms with Gasteiger partial charge in [-0.3, -0.25) is 4.79 Å². The van der Waals surface area contributed by atoms with Crippen molar-refractivity contribution in [1.82, 2.24) is 15.1 Å². The third-order valence-electron chi connectivity index (χ3n) is 3.58. The van der Waals surface area contributed by atoms with E-state index in [2.05, 4.69) is 15.7 Å². The Morgan fingerprint density at radius 1 is 1.35 bits per heavy atom. The van der Waals surface area contributed by atoms with Crippen LogP contribution in [-0.4, -0.2) is 28.8 Å². The minimum atomic E-state index is 0.0504. The monoisotopic (exact) mass is 270 g/mol. The minimum Gasteiger partial charge on any atom is -0.324 e. The predicted molar refractivity (Wildman–Crippen MR) is 77.8 cm³/mol. The topological polar surface area (TPSA) is 59.0 Å². The van der Waals surface area contributed by atoms with Gasteiger partial charge in [0.05, 0.1) is 17.3 Å². The first kappa shape index (κ1) is 12.9. The van der Waals surface area contributed by atoms with Gasteiger partial charge in [-0.05, 0) is 37.6 Å². The Bertz CT molecular complexity index is 573. The summed E-state index contributed by atoms with van der Waals surface area (Å²) in [5.41, 5.74) is 1.68. The van der Waals surface area contributed by atoms with Gasteiger partial charge in [-0.25, -0.2) is 4.68 Å². The molecule has 0 bridgehead atoms. The van der Waals surface area contributed by atoms with Gasteiger partial charge in [-0.15, -0.1) is 0 Å². The summed E-state index contributed by atoms with van der Waals surface area (Å²) >= 11 is 0. The molecule has 2 heterocycles. The Morgan fingerprint density at radius 3 is 3.00 bits per heavy atom. The summed E-state index contributed by atoms with van der Waals surface area (Å²) in [6.45, 7) is 1.77. The van der Waals surface area contributed by atoms with Gasteiger partial charge in [0.25, 0.3) is 0 Å². The zero-order chi connectivity index (χ0) is 13.8. The van der Waals surface area contributed by atoms with Crippen molar-refractivity contribution in [2.75, 3.05) is 18.4 Å². The normalized spacial score (nSPS) is 18.7. The highest BCUT2D eigenvalue weighted by molar-refractivity contribution is 5.94. The molecular weight excluding hydrogens is 252 g/mol. The van der Waals surface area contributed by atoms with Gasteiger partial charge in [0.2, 0.25) is 5.91 Å². The van der Waals surface area contributed by atoms with Crippen LogP contribution in [0.1, 0.15) is 12.8 Å². The van der Waals surface area contributed by atoms with E-state index in [0.29, 0.717) is 0 Å². The first-order valence-electron chi connectivity index (χ1n) is 6.95. The van der Waals surface area contributed by atoms with E-state index in [0.717, 1.165) is 37.3 Å². The Balaban J connectivity index is 1.79. The predicted octanol–water partition coefficient (Wildman–Crippen LogP) is 1.81. The van der Waals surface area contributed by atoms with Gasteiger partial charge in [0.1, 0.15) is 0 Å². The highest BCUT2D eigenvalue weighted by Crippen LogP contribution is 2.21. The third kappa shape index (κ3) is 2.72. The van der Waals surface area contributed by atoms with Gasteiger partial charge < -0.3 is 10.6 Å². The van der Waals surface area contributed by atoms with Crippen molar-refractivity contribution < 1.29 is 4.79 Å². The van der Waals surface area contributed by atoms with E-state index in [1.165, 1.54) is 0 Å². The van der Waals surface area contributed by atoms with Crippen molar-refractivity contribution >= 4 is 11.6 Å². The number of aromatic nitrogens is 2. The number of carbonyl (C=O) groups is 1. The Labute approximate surface area is 118 Å². The fourth-order valence-electron chi connectivity index (χ4n) is 2.50. The number of piperidine rings is 1. The number of nitrogens with zero attached hydrogens (tertiary/aromatic N) is 2. The van der Waals surface area contributed by atoms with Gasteiger partial charge in [-0.1, -0.05) is 12.1 Å². The molecular formula is C15H18N4O. The van der Waals surface area contributed by atoms with Crippen LogP contribution in [-0.2, 0) is 4.79 Å². The highest BCUT2D eigenvalue weighted by atomic mass is 16.1. The number of nitrogens with one attached hydrogen (secondary N) is 2. The largest absolute Gasteiger partial charge is 0.324 e. The van der Waals surface area contributed by atoms with Crippen LogP contribution in [0.3, 0.4) is 0 Å². The van der Waals surface area contributed by atoms with Crippen molar-refractivity contribution in [1.29, 1.82) is 0 Å². The number of anilines is 1. The fourth-order valence-corrected chi connectivity index (χ4v) is 2.50. The highest BCUT2D eigenvalue weighted by Gasteiger charge is 2.21. The number of amides is 1. The molecule has 2 N–H and O–H groups in total. The number of hydrogen-bond donors (Lipinski definition) is 2. The quantitative estimate of drug-likeness (QED) is 0.894. The van der Waals surface area contributed by atoms with Gasteiger partial charge >= 0.3 is 0 Å². The van der Waals surface area contributed by atoms with Crippen LogP contribution in [0.4, 0.5) is 5.69 Å². The number of benzene rings is 1. The van der Waals surface area contributed by atoms with Crippen LogP contribution in [0.2, 0.25) is 0 Å². The maximum Gasteiger partial charge on any atom is 0.228 e. The molecule has 5 nitrogen and oxygen atoms in total. The van der Waals surface area contributed by atoms with E-state index in [-0.39, 0.29) is 11.8 Å². The molecule has 20 heavy (non-hydrogen) atoms. The number of hydrogen-bond acceptors (Lipinski definition) is 3. The molecule has 1 aliphatic heterocycles. The summed E-state index contributed by atoms with van der Waals surface area (Å²) in [5.74, 6) is 0.131. The van der Waals surface area contributed by atoms with Crippen LogP contribution in [0, 0.1) is 5.92 Å². The molecule has 0 saturated carbocycles. The van der Waals surface area contributed by atoms with Crippen molar-refractivity contribution in [2.24, 2.45) is 5.92 Å². The van der Waals surface area contributed by atoms with Gasteiger partial charge in [-0.2, -0.15) is 5.10 Å². The summed E-state index contributed by atoms with van der Waals surface area (Å²) in [6, 6.07) is 9.58. The molecule has 5 heteroatoms. The molecule has 1 saturated heterocycles. The summed E-state index contributed by atoms with van der Waals surface area (Å²) in [5, 5.41) is 10.5. The maximum absolute atomic E-state index is 12.3. The molecule has 1 aromatic carbocycles. The third-order valence-corrected chi connectivity index (χ3v) is 3.58. The van der Waals surface area contributed by atoms with Crippen molar-refractivity contribution in [2.45, 2.75) is 12.8 Å². The lowest BCUT2D eigenvalue weighted by Crippen LogP contribution is -2.37.